The van der Waals surface area contributed by atoms with Crippen LogP contribution in [-0.2, 0) is 4.79 Å². The van der Waals surface area contributed by atoms with Gasteiger partial charge in [-0.15, -0.1) is 0 Å². The molecule has 0 aromatic heterocycles. The molecule has 1 spiro atoms. The van der Waals surface area contributed by atoms with Crippen molar-refractivity contribution in [3.05, 3.63) is 48.0 Å². The molecule has 4 rings (SSSR count). The second kappa shape index (κ2) is 6.24. The fourth-order valence-electron chi connectivity index (χ4n) is 4.24. The van der Waals surface area contributed by atoms with Crippen molar-refractivity contribution in [2.75, 3.05) is 6.54 Å². The third-order valence-electron chi connectivity index (χ3n) is 5.87. The van der Waals surface area contributed by atoms with Crippen LogP contribution in [0.25, 0.3) is 10.8 Å². The first-order chi connectivity index (χ1) is 12.5. The van der Waals surface area contributed by atoms with Crippen LogP contribution in [0.2, 0.25) is 0 Å². The number of amides is 3. The summed E-state index contributed by atoms with van der Waals surface area (Å²) in [5.41, 5.74) is -0.305. The molecule has 1 aliphatic carbocycles. The number of imide groups is 1. The van der Waals surface area contributed by atoms with Gasteiger partial charge in [-0.3, -0.25) is 14.5 Å². The van der Waals surface area contributed by atoms with Crippen LogP contribution in [0.15, 0.2) is 42.5 Å². The van der Waals surface area contributed by atoms with Crippen molar-refractivity contribution in [2.45, 2.75) is 38.1 Å². The van der Waals surface area contributed by atoms with E-state index in [4.69, 9.17) is 0 Å². The molecule has 1 N–H and O–H groups in total. The van der Waals surface area contributed by atoms with E-state index < -0.39 is 11.6 Å². The van der Waals surface area contributed by atoms with E-state index in [1.54, 1.807) is 6.07 Å². The number of carbonyl (C=O) groups excluding carboxylic acids is 3. The zero-order chi connectivity index (χ0) is 18.3. The van der Waals surface area contributed by atoms with E-state index >= 15 is 0 Å². The highest BCUT2D eigenvalue weighted by Gasteiger charge is 2.55. The highest BCUT2D eigenvalue weighted by atomic mass is 16.2. The molecule has 2 aromatic carbocycles. The van der Waals surface area contributed by atoms with Crippen molar-refractivity contribution in [3.8, 4) is 0 Å². The molecule has 1 saturated carbocycles. The van der Waals surface area contributed by atoms with Gasteiger partial charge in [-0.2, -0.15) is 0 Å². The monoisotopic (exact) mass is 350 g/mol. The number of benzene rings is 2. The summed E-state index contributed by atoms with van der Waals surface area (Å²) in [4.78, 5) is 39.2. The predicted molar refractivity (Wildman–Crippen MR) is 98.9 cm³/mol. The minimum absolute atomic E-state index is 0.0912. The molecule has 1 aliphatic heterocycles. The number of hydrogen-bond acceptors (Lipinski definition) is 3. The van der Waals surface area contributed by atoms with E-state index in [-0.39, 0.29) is 24.2 Å². The predicted octanol–water partition coefficient (Wildman–Crippen LogP) is 3.52. The largest absolute Gasteiger partial charge is 0.325 e. The zero-order valence-corrected chi connectivity index (χ0v) is 14.8. The molecule has 0 unspecified atom stereocenters. The summed E-state index contributed by atoms with van der Waals surface area (Å²) in [6.07, 6.45) is 3.56. The molecule has 0 radical (unpaired) electrons. The topological polar surface area (TPSA) is 66.5 Å². The lowest BCUT2D eigenvalue weighted by molar-refractivity contribution is -0.133. The van der Waals surface area contributed by atoms with Gasteiger partial charge in [0.2, 0.25) is 0 Å². The lowest BCUT2D eigenvalue weighted by Crippen LogP contribution is -2.54. The molecule has 2 fully saturated rings. The maximum Gasteiger partial charge on any atom is 0.325 e. The number of ketones is 1. The number of nitrogens with one attached hydrogen (secondary N) is 1. The summed E-state index contributed by atoms with van der Waals surface area (Å²) in [5.74, 6) is -0.378. The Labute approximate surface area is 152 Å². The first-order valence-corrected chi connectivity index (χ1v) is 9.17. The van der Waals surface area contributed by atoms with Crippen LogP contribution in [0.3, 0.4) is 0 Å². The number of carbonyl (C=O) groups is 3. The Morgan fingerprint density at radius 2 is 1.92 bits per heavy atom. The van der Waals surface area contributed by atoms with E-state index in [0.717, 1.165) is 34.9 Å². The Hall–Kier alpha value is -2.69. The second-order valence-electron chi connectivity index (χ2n) is 7.42. The van der Waals surface area contributed by atoms with Gasteiger partial charge in [0.15, 0.2) is 5.78 Å². The molecule has 2 atom stereocenters. The van der Waals surface area contributed by atoms with Gasteiger partial charge in [0.25, 0.3) is 5.91 Å². The Morgan fingerprint density at radius 3 is 2.69 bits per heavy atom. The molecule has 3 amide bonds. The summed E-state index contributed by atoms with van der Waals surface area (Å²) in [5, 5.41) is 4.91. The van der Waals surface area contributed by atoms with E-state index in [1.165, 1.54) is 0 Å². The smallest absolute Gasteiger partial charge is 0.323 e. The van der Waals surface area contributed by atoms with Crippen molar-refractivity contribution in [1.29, 1.82) is 0 Å². The minimum Gasteiger partial charge on any atom is -0.323 e. The quantitative estimate of drug-likeness (QED) is 0.680. The Bertz CT molecular complexity index is 907. The van der Waals surface area contributed by atoms with Crippen LogP contribution in [0.4, 0.5) is 4.79 Å². The van der Waals surface area contributed by atoms with Crippen molar-refractivity contribution in [1.82, 2.24) is 10.2 Å². The Morgan fingerprint density at radius 1 is 1.15 bits per heavy atom. The highest BCUT2D eigenvalue weighted by Crippen LogP contribution is 2.38. The molecule has 2 aliphatic rings. The molecule has 5 nitrogen and oxygen atoms in total. The fourth-order valence-corrected chi connectivity index (χ4v) is 4.24. The molecule has 134 valence electrons. The Balaban J connectivity index is 1.57. The minimum atomic E-state index is -0.820. The van der Waals surface area contributed by atoms with Crippen LogP contribution < -0.4 is 5.32 Å². The first-order valence-electron chi connectivity index (χ1n) is 9.17. The summed E-state index contributed by atoms with van der Waals surface area (Å²) in [6.45, 7) is 1.80. The molecular weight excluding hydrogens is 328 g/mol. The number of fused-ring (bicyclic) bond motifs is 1. The van der Waals surface area contributed by atoms with Gasteiger partial charge in [0.05, 0.1) is 6.54 Å². The molecule has 2 aromatic rings. The van der Waals surface area contributed by atoms with Crippen molar-refractivity contribution >= 4 is 28.5 Å². The van der Waals surface area contributed by atoms with Crippen molar-refractivity contribution in [3.63, 3.8) is 0 Å². The van der Waals surface area contributed by atoms with Gasteiger partial charge >= 0.3 is 6.03 Å². The fraction of sp³-hybridized carbons (Fsp3) is 0.381. The van der Waals surface area contributed by atoms with Gasteiger partial charge in [-0.1, -0.05) is 56.2 Å². The number of rotatable bonds is 3. The number of Topliss-reactive ketones (excluding diaryl/α,β-unsaturated/α-hetero) is 1. The van der Waals surface area contributed by atoms with Gasteiger partial charge in [0.1, 0.15) is 5.54 Å². The molecule has 5 heteroatoms. The summed E-state index contributed by atoms with van der Waals surface area (Å²) >= 11 is 0. The lowest BCUT2D eigenvalue weighted by atomic mass is 9.73. The van der Waals surface area contributed by atoms with Crippen LogP contribution >= 0.6 is 0 Å². The SMILES string of the molecule is C[C@@H]1CCCC[C@@]12NC(=O)N(CC(=O)c1ccc3ccccc3c1)C2=O. The molecular formula is C21H22N2O3. The van der Waals surface area contributed by atoms with E-state index in [0.29, 0.717) is 12.0 Å². The Kier molecular flexibility index (Phi) is 4.02. The number of hydrogen-bond donors (Lipinski definition) is 1. The lowest BCUT2D eigenvalue weighted by Gasteiger charge is -2.36. The van der Waals surface area contributed by atoms with Gasteiger partial charge in [-0.25, -0.2) is 4.79 Å². The average molecular weight is 350 g/mol. The van der Waals surface area contributed by atoms with Gasteiger partial charge in [-0.05, 0) is 35.6 Å². The summed E-state index contributed by atoms with van der Waals surface area (Å²) in [6, 6.07) is 12.8. The first kappa shape index (κ1) is 16.8. The van der Waals surface area contributed by atoms with Crippen LogP contribution in [-0.4, -0.2) is 34.7 Å². The summed E-state index contributed by atoms with van der Waals surface area (Å²) < 4.78 is 0. The average Bonchev–Trinajstić information content (AvgIpc) is 2.89. The highest BCUT2D eigenvalue weighted by molar-refractivity contribution is 6.11. The zero-order valence-electron chi connectivity index (χ0n) is 14.8. The van der Waals surface area contributed by atoms with Crippen molar-refractivity contribution in [2.24, 2.45) is 5.92 Å². The third-order valence-corrected chi connectivity index (χ3v) is 5.87. The van der Waals surface area contributed by atoms with Gasteiger partial charge < -0.3 is 5.32 Å². The third kappa shape index (κ3) is 2.59. The summed E-state index contributed by atoms with van der Waals surface area (Å²) in [7, 11) is 0. The van der Waals surface area contributed by atoms with Crippen LogP contribution in [0.1, 0.15) is 43.0 Å². The number of nitrogens with zero attached hydrogens (tertiary/aromatic N) is 1. The normalized spacial score (nSPS) is 25.7. The standard InChI is InChI=1S/C21H22N2O3/c1-14-6-4-5-11-21(14)19(25)23(20(26)22-21)13-18(24)17-10-9-15-7-2-3-8-16(15)12-17/h2-3,7-10,12,14H,4-6,11,13H2,1H3,(H,22,26)/t14-,21-/m1/s1. The van der Waals surface area contributed by atoms with Crippen molar-refractivity contribution < 1.29 is 14.4 Å². The number of urea groups is 1. The second-order valence-corrected chi connectivity index (χ2v) is 7.42. The molecule has 26 heavy (non-hydrogen) atoms. The van der Waals surface area contributed by atoms with E-state index in [2.05, 4.69) is 5.32 Å². The molecule has 1 heterocycles. The van der Waals surface area contributed by atoms with Crippen LogP contribution in [0.5, 0.6) is 0 Å². The van der Waals surface area contributed by atoms with E-state index in [9.17, 15) is 14.4 Å². The van der Waals surface area contributed by atoms with Gasteiger partial charge in [0, 0.05) is 5.56 Å². The maximum atomic E-state index is 13.0. The van der Waals surface area contributed by atoms with Crippen LogP contribution in [0, 0.1) is 5.92 Å². The van der Waals surface area contributed by atoms with E-state index in [1.807, 2.05) is 43.3 Å². The molecule has 0 bridgehead atoms. The maximum absolute atomic E-state index is 13.0. The molecule has 1 saturated heterocycles.